The molecule has 112 valence electrons. The number of amides is 2. The van der Waals surface area contributed by atoms with Gasteiger partial charge in [0.15, 0.2) is 0 Å². The highest BCUT2D eigenvalue weighted by Gasteiger charge is 2.33. The molecule has 19 heavy (non-hydrogen) atoms. The van der Waals surface area contributed by atoms with E-state index in [1.807, 2.05) is 27.7 Å². The summed E-state index contributed by atoms with van der Waals surface area (Å²) in [5, 5.41) is 2.82. The van der Waals surface area contributed by atoms with Crippen molar-refractivity contribution in [3.8, 4) is 0 Å². The first-order valence-corrected chi connectivity index (χ1v) is 6.98. The zero-order valence-corrected chi connectivity index (χ0v) is 13.1. The monoisotopic (exact) mass is 271 g/mol. The van der Waals surface area contributed by atoms with Crippen molar-refractivity contribution in [1.29, 1.82) is 0 Å². The van der Waals surface area contributed by atoms with Crippen LogP contribution < -0.4 is 11.1 Å². The van der Waals surface area contributed by atoms with Crippen LogP contribution in [0.15, 0.2) is 0 Å². The van der Waals surface area contributed by atoms with Gasteiger partial charge in [0, 0.05) is 14.1 Å². The van der Waals surface area contributed by atoms with Gasteiger partial charge in [0.1, 0.15) is 6.04 Å². The predicted molar refractivity (Wildman–Crippen MR) is 77.6 cm³/mol. The van der Waals surface area contributed by atoms with Crippen LogP contribution in [0, 0.1) is 5.92 Å². The maximum Gasteiger partial charge on any atom is 0.244 e. The Kier molecular flexibility index (Phi) is 7.05. The lowest BCUT2D eigenvalue weighted by atomic mass is 9.92. The molecule has 0 aliphatic carbocycles. The summed E-state index contributed by atoms with van der Waals surface area (Å²) in [6.07, 6.45) is 1.73. The van der Waals surface area contributed by atoms with Gasteiger partial charge in [-0.15, -0.1) is 0 Å². The van der Waals surface area contributed by atoms with E-state index in [4.69, 9.17) is 5.73 Å². The minimum absolute atomic E-state index is 0.0865. The molecule has 0 aromatic carbocycles. The minimum atomic E-state index is -0.887. The number of nitrogens with two attached hydrogens (primary N) is 1. The van der Waals surface area contributed by atoms with Gasteiger partial charge >= 0.3 is 0 Å². The van der Waals surface area contributed by atoms with Crippen LogP contribution in [0.3, 0.4) is 0 Å². The van der Waals surface area contributed by atoms with Crippen molar-refractivity contribution in [2.24, 2.45) is 11.7 Å². The number of nitrogens with one attached hydrogen (secondary N) is 1. The third kappa shape index (κ3) is 5.19. The molecule has 5 nitrogen and oxygen atoms in total. The van der Waals surface area contributed by atoms with E-state index in [1.54, 1.807) is 14.1 Å². The third-order valence-electron chi connectivity index (χ3n) is 3.47. The molecule has 0 aliphatic rings. The molecule has 0 aromatic heterocycles. The number of nitrogens with zero attached hydrogens (tertiary/aromatic N) is 1. The van der Waals surface area contributed by atoms with E-state index in [2.05, 4.69) is 5.32 Å². The van der Waals surface area contributed by atoms with E-state index in [1.165, 1.54) is 4.90 Å². The quantitative estimate of drug-likeness (QED) is 0.728. The first-order chi connectivity index (χ1) is 8.67. The Hall–Kier alpha value is -1.10. The molecule has 0 fully saturated rings. The number of carbonyl (C=O) groups excluding carboxylic acids is 2. The average molecular weight is 271 g/mol. The van der Waals surface area contributed by atoms with Crippen molar-refractivity contribution < 1.29 is 9.59 Å². The van der Waals surface area contributed by atoms with E-state index in [-0.39, 0.29) is 11.8 Å². The SMILES string of the molecule is CCC(N)(CC)C(=O)NC(CC(C)C)C(=O)N(C)C. The van der Waals surface area contributed by atoms with E-state index in [0.717, 1.165) is 0 Å². The van der Waals surface area contributed by atoms with Gasteiger partial charge < -0.3 is 16.0 Å². The van der Waals surface area contributed by atoms with Gasteiger partial charge in [0.25, 0.3) is 0 Å². The lowest BCUT2D eigenvalue weighted by molar-refractivity contribution is -0.136. The minimum Gasteiger partial charge on any atom is -0.347 e. The molecule has 0 aliphatic heterocycles. The largest absolute Gasteiger partial charge is 0.347 e. The second kappa shape index (κ2) is 7.48. The molecule has 0 saturated carbocycles. The molecule has 0 spiro atoms. The van der Waals surface area contributed by atoms with Crippen LogP contribution in [-0.2, 0) is 9.59 Å². The van der Waals surface area contributed by atoms with Gasteiger partial charge in [-0.3, -0.25) is 9.59 Å². The topological polar surface area (TPSA) is 75.4 Å². The fourth-order valence-corrected chi connectivity index (χ4v) is 1.88. The molecular formula is C14H29N3O2. The van der Waals surface area contributed by atoms with Crippen LogP contribution in [0.25, 0.3) is 0 Å². The van der Waals surface area contributed by atoms with Crippen molar-refractivity contribution in [1.82, 2.24) is 10.2 Å². The van der Waals surface area contributed by atoms with Crippen LogP contribution in [0.2, 0.25) is 0 Å². The van der Waals surface area contributed by atoms with Gasteiger partial charge in [0.05, 0.1) is 5.54 Å². The summed E-state index contributed by atoms with van der Waals surface area (Å²) in [6.45, 7) is 7.82. The Morgan fingerprint density at radius 3 is 2.00 bits per heavy atom. The van der Waals surface area contributed by atoms with Gasteiger partial charge in [0.2, 0.25) is 11.8 Å². The normalized spacial score (nSPS) is 13.3. The van der Waals surface area contributed by atoms with E-state index >= 15 is 0 Å². The van der Waals surface area contributed by atoms with Gasteiger partial charge in [-0.1, -0.05) is 27.7 Å². The highest BCUT2D eigenvalue weighted by molar-refractivity contribution is 5.91. The predicted octanol–water partition coefficient (Wildman–Crippen LogP) is 1.12. The highest BCUT2D eigenvalue weighted by Crippen LogP contribution is 2.14. The summed E-state index contributed by atoms with van der Waals surface area (Å²) in [4.78, 5) is 25.8. The number of likely N-dealkylation sites (N-methyl/N-ethyl adjacent to an activating group) is 1. The molecule has 3 N–H and O–H groups in total. The molecule has 0 saturated heterocycles. The number of hydrogen-bond donors (Lipinski definition) is 2. The fraction of sp³-hybridized carbons (Fsp3) is 0.857. The molecule has 1 atom stereocenters. The lowest BCUT2D eigenvalue weighted by Crippen LogP contribution is -2.58. The van der Waals surface area contributed by atoms with Crippen LogP contribution in [0.1, 0.15) is 47.0 Å². The van der Waals surface area contributed by atoms with Crippen LogP contribution >= 0.6 is 0 Å². The number of rotatable bonds is 7. The second-order valence-corrected chi connectivity index (χ2v) is 5.75. The lowest BCUT2D eigenvalue weighted by Gasteiger charge is -2.30. The van der Waals surface area contributed by atoms with Crippen LogP contribution in [0.4, 0.5) is 0 Å². The van der Waals surface area contributed by atoms with Crippen molar-refractivity contribution in [2.45, 2.75) is 58.5 Å². The molecule has 0 aromatic rings. The molecule has 0 radical (unpaired) electrons. The summed E-state index contributed by atoms with van der Waals surface area (Å²) in [5.41, 5.74) is 5.17. The van der Waals surface area contributed by atoms with Crippen molar-refractivity contribution in [3.63, 3.8) is 0 Å². The maximum atomic E-state index is 12.2. The zero-order chi connectivity index (χ0) is 15.2. The molecule has 0 bridgehead atoms. The summed E-state index contributed by atoms with van der Waals surface area (Å²) in [5.74, 6) is -0.000385. The number of hydrogen-bond acceptors (Lipinski definition) is 3. The summed E-state index contributed by atoms with van der Waals surface area (Å²) < 4.78 is 0. The summed E-state index contributed by atoms with van der Waals surface area (Å²) in [6, 6.07) is -0.497. The van der Waals surface area contributed by atoms with E-state index in [0.29, 0.717) is 25.2 Å². The highest BCUT2D eigenvalue weighted by atomic mass is 16.2. The van der Waals surface area contributed by atoms with Crippen molar-refractivity contribution in [2.75, 3.05) is 14.1 Å². The zero-order valence-electron chi connectivity index (χ0n) is 13.1. The second-order valence-electron chi connectivity index (χ2n) is 5.75. The Labute approximate surface area is 116 Å². The standard InChI is InChI=1S/C14H29N3O2/c1-7-14(15,8-2)13(19)16-11(9-10(3)4)12(18)17(5)6/h10-11H,7-9,15H2,1-6H3,(H,16,19). The van der Waals surface area contributed by atoms with Crippen molar-refractivity contribution in [3.05, 3.63) is 0 Å². The maximum absolute atomic E-state index is 12.2. The van der Waals surface area contributed by atoms with Gasteiger partial charge in [-0.2, -0.15) is 0 Å². The third-order valence-corrected chi connectivity index (χ3v) is 3.47. The van der Waals surface area contributed by atoms with Gasteiger partial charge in [-0.25, -0.2) is 0 Å². The Morgan fingerprint density at radius 1 is 1.21 bits per heavy atom. The summed E-state index contributed by atoms with van der Waals surface area (Å²) in [7, 11) is 3.38. The summed E-state index contributed by atoms with van der Waals surface area (Å²) >= 11 is 0. The Bertz CT molecular complexity index is 310. The van der Waals surface area contributed by atoms with Crippen LogP contribution in [0.5, 0.6) is 0 Å². The van der Waals surface area contributed by atoms with Gasteiger partial charge in [-0.05, 0) is 25.2 Å². The molecule has 1 unspecified atom stereocenters. The van der Waals surface area contributed by atoms with E-state index < -0.39 is 11.6 Å². The van der Waals surface area contributed by atoms with E-state index in [9.17, 15) is 9.59 Å². The molecule has 0 rings (SSSR count). The molecule has 0 heterocycles. The number of carbonyl (C=O) groups is 2. The molecule has 5 heteroatoms. The smallest absolute Gasteiger partial charge is 0.244 e. The fourth-order valence-electron chi connectivity index (χ4n) is 1.88. The molecular weight excluding hydrogens is 242 g/mol. The molecule has 2 amide bonds. The first kappa shape index (κ1) is 17.9. The first-order valence-electron chi connectivity index (χ1n) is 6.98. The Morgan fingerprint density at radius 2 is 1.68 bits per heavy atom. The van der Waals surface area contributed by atoms with Crippen molar-refractivity contribution >= 4 is 11.8 Å². The average Bonchev–Trinajstić information content (AvgIpc) is 2.35. The Balaban J connectivity index is 4.92. The van der Waals surface area contributed by atoms with Crippen LogP contribution in [-0.4, -0.2) is 42.4 Å².